The summed E-state index contributed by atoms with van der Waals surface area (Å²) in [4.78, 5) is 37.5. The maximum atomic E-state index is 12.8. The van der Waals surface area contributed by atoms with Gasteiger partial charge in [0.1, 0.15) is 5.82 Å². The first-order valence-electron chi connectivity index (χ1n) is 13.3. The molecule has 2 amide bonds. The number of nitrogens with two attached hydrogens (primary N) is 1. The van der Waals surface area contributed by atoms with E-state index in [0.717, 1.165) is 36.9 Å². The molecule has 0 radical (unpaired) electrons. The van der Waals surface area contributed by atoms with Crippen molar-refractivity contribution in [1.82, 2.24) is 19.8 Å². The number of likely N-dealkylation sites (tertiary alicyclic amines) is 2. The van der Waals surface area contributed by atoms with Gasteiger partial charge in [-0.3, -0.25) is 9.59 Å². The summed E-state index contributed by atoms with van der Waals surface area (Å²) in [6.45, 7) is 4.44. The van der Waals surface area contributed by atoms with Crippen LogP contribution in [0.5, 0.6) is 0 Å². The molecule has 210 valence electrons. The van der Waals surface area contributed by atoms with Crippen molar-refractivity contribution in [2.45, 2.75) is 62.7 Å². The fourth-order valence-electron chi connectivity index (χ4n) is 5.63. The Kier molecular flexibility index (Phi) is 7.17. The minimum Gasteiger partial charge on any atom is -0.364 e. The van der Waals surface area contributed by atoms with Crippen LogP contribution >= 0.6 is 0 Å². The fourth-order valence-corrected chi connectivity index (χ4v) is 5.63. The number of hydrogen-bond donors (Lipinski definition) is 2. The molecule has 3 N–H and O–H groups in total. The number of nitrogens with one attached hydrogen (secondary N) is 1. The number of carbonyl (C=O) groups is 2. The van der Waals surface area contributed by atoms with Crippen molar-refractivity contribution in [3.05, 3.63) is 41.7 Å². The molecule has 5 rings (SSSR count). The number of anilines is 3. The quantitative estimate of drug-likeness (QED) is 0.549. The van der Waals surface area contributed by atoms with Crippen molar-refractivity contribution in [2.75, 3.05) is 43.4 Å². The predicted octanol–water partition coefficient (Wildman–Crippen LogP) is 3.43. The molecule has 1 aromatic carbocycles. The zero-order chi connectivity index (χ0) is 27.9. The lowest BCUT2D eigenvalue weighted by Gasteiger charge is -2.40. The number of amides is 2. The smallest absolute Gasteiger partial charge is 0.364 e. The van der Waals surface area contributed by atoms with Crippen molar-refractivity contribution in [3.8, 4) is 0 Å². The monoisotopic (exact) mass is 545 g/mol. The van der Waals surface area contributed by atoms with E-state index in [9.17, 15) is 22.8 Å². The van der Waals surface area contributed by atoms with Gasteiger partial charge in [0, 0.05) is 37.9 Å². The van der Waals surface area contributed by atoms with Crippen LogP contribution in [0.1, 0.15) is 55.1 Å². The summed E-state index contributed by atoms with van der Waals surface area (Å²) in [5.41, 5.74) is 7.56. The van der Waals surface area contributed by atoms with E-state index in [4.69, 9.17) is 5.73 Å². The Labute approximate surface area is 225 Å². The average molecular weight is 546 g/mol. The van der Waals surface area contributed by atoms with Crippen LogP contribution in [0.15, 0.2) is 30.5 Å². The van der Waals surface area contributed by atoms with E-state index in [1.807, 2.05) is 12.1 Å². The molecule has 0 bridgehead atoms. The van der Waals surface area contributed by atoms with Gasteiger partial charge in [0.05, 0.1) is 6.20 Å². The number of rotatable bonds is 7. The molecule has 39 heavy (non-hydrogen) atoms. The van der Waals surface area contributed by atoms with Crippen LogP contribution < -0.4 is 16.0 Å². The summed E-state index contributed by atoms with van der Waals surface area (Å²) >= 11 is 0. The number of nitrogens with zero attached hydrogens (tertiary/aromatic N) is 5. The minimum atomic E-state index is -4.91. The molecule has 1 aromatic heterocycles. The summed E-state index contributed by atoms with van der Waals surface area (Å²) in [6.07, 6.45) is 1.65. The van der Waals surface area contributed by atoms with E-state index in [1.54, 1.807) is 11.9 Å². The van der Waals surface area contributed by atoms with E-state index in [0.29, 0.717) is 17.9 Å². The Morgan fingerprint density at radius 2 is 1.77 bits per heavy atom. The molecule has 1 unspecified atom stereocenters. The molecule has 1 saturated carbocycles. The third kappa shape index (κ3) is 5.80. The second kappa shape index (κ2) is 10.3. The lowest BCUT2D eigenvalue weighted by molar-refractivity contribution is -0.184. The van der Waals surface area contributed by atoms with Gasteiger partial charge < -0.3 is 25.8 Å². The SMILES string of the molecule is CN(c1cnc(C(N)=O)c(Nc2ccc(C3(C)CCN(C4CC4)CC3)cc2)n1)C1CCN(C(=O)C(F)(F)F)C1. The number of carbonyl (C=O) groups excluding carboxylic acids is 2. The van der Waals surface area contributed by atoms with Crippen LogP contribution in [0, 0.1) is 0 Å². The van der Waals surface area contributed by atoms with Crippen LogP contribution in [0.3, 0.4) is 0 Å². The number of piperidine rings is 1. The number of primary amides is 1. The molecular formula is C27H34F3N7O2. The van der Waals surface area contributed by atoms with Crippen LogP contribution in [-0.4, -0.2) is 83.1 Å². The third-order valence-electron chi connectivity index (χ3n) is 8.40. The topological polar surface area (TPSA) is 108 Å². The van der Waals surface area contributed by atoms with E-state index < -0.39 is 18.0 Å². The Balaban J connectivity index is 1.29. The third-order valence-corrected chi connectivity index (χ3v) is 8.40. The van der Waals surface area contributed by atoms with Crippen molar-refractivity contribution in [1.29, 1.82) is 0 Å². The summed E-state index contributed by atoms with van der Waals surface area (Å²) in [7, 11) is 1.67. The van der Waals surface area contributed by atoms with Gasteiger partial charge >= 0.3 is 12.1 Å². The number of benzene rings is 1. The molecule has 1 atom stereocenters. The van der Waals surface area contributed by atoms with E-state index in [2.05, 4.69) is 39.2 Å². The first-order chi connectivity index (χ1) is 18.4. The Morgan fingerprint density at radius 3 is 2.36 bits per heavy atom. The van der Waals surface area contributed by atoms with Gasteiger partial charge in [-0.1, -0.05) is 19.1 Å². The molecule has 12 heteroatoms. The largest absolute Gasteiger partial charge is 0.471 e. The van der Waals surface area contributed by atoms with Gasteiger partial charge in [-0.25, -0.2) is 9.97 Å². The van der Waals surface area contributed by atoms with E-state index in [-0.39, 0.29) is 36.1 Å². The second-order valence-corrected chi connectivity index (χ2v) is 11.1. The van der Waals surface area contributed by atoms with Gasteiger partial charge in [-0.2, -0.15) is 13.2 Å². The zero-order valence-electron chi connectivity index (χ0n) is 22.2. The number of likely N-dealkylation sites (N-methyl/N-ethyl adjacent to an activating group) is 1. The highest BCUT2D eigenvalue weighted by atomic mass is 19.4. The molecule has 3 aliphatic rings. The Morgan fingerprint density at radius 1 is 1.10 bits per heavy atom. The first-order valence-corrected chi connectivity index (χ1v) is 13.3. The van der Waals surface area contributed by atoms with Gasteiger partial charge in [0.25, 0.3) is 5.91 Å². The molecule has 2 aliphatic heterocycles. The van der Waals surface area contributed by atoms with E-state index in [1.165, 1.54) is 24.6 Å². The summed E-state index contributed by atoms with van der Waals surface area (Å²) < 4.78 is 38.5. The maximum Gasteiger partial charge on any atom is 0.471 e. The standard InChI is InChI=1S/C27H34F3N7O2/c1-26(10-13-36(14-11-26)19-7-8-19)17-3-5-18(6-4-17)33-24-22(23(31)38)32-15-21(34-24)35(2)20-9-12-37(16-20)25(39)27(28,29)30/h3-6,15,19-20H,7-14,16H2,1-2H3,(H2,31,38)(H,33,34). The van der Waals surface area contributed by atoms with Crippen LogP contribution in [0.25, 0.3) is 0 Å². The van der Waals surface area contributed by atoms with E-state index >= 15 is 0 Å². The van der Waals surface area contributed by atoms with Gasteiger partial charge in [0.15, 0.2) is 11.5 Å². The maximum absolute atomic E-state index is 12.8. The van der Waals surface area contributed by atoms with Crippen LogP contribution in [0.4, 0.5) is 30.5 Å². The Bertz CT molecular complexity index is 1220. The van der Waals surface area contributed by atoms with Gasteiger partial charge in [-0.15, -0.1) is 0 Å². The number of hydrogen-bond acceptors (Lipinski definition) is 7. The molecule has 2 aromatic rings. The first kappa shape index (κ1) is 27.2. The Hall–Kier alpha value is -3.41. The predicted molar refractivity (Wildman–Crippen MR) is 141 cm³/mol. The fraction of sp³-hybridized carbons (Fsp3) is 0.556. The highest BCUT2D eigenvalue weighted by molar-refractivity contribution is 5.96. The molecule has 3 fully saturated rings. The minimum absolute atomic E-state index is 0.00483. The second-order valence-electron chi connectivity index (χ2n) is 11.1. The van der Waals surface area contributed by atoms with Crippen molar-refractivity contribution < 1.29 is 22.8 Å². The number of aromatic nitrogens is 2. The highest BCUT2D eigenvalue weighted by Gasteiger charge is 2.45. The van der Waals surface area contributed by atoms with Crippen molar-refractivity contribution in [2.24, 2.45) is 5.73 Å². The highest BCUT2D eigenvalue weighted by Crippen LogP contribution is 2.39. The molecule has 9 nitrogen and oxygen atoms in total. The summed E-state index contributed by atoms with van der Waals surface area (Å²) in [6, 6.07) is 8.46. The molecule has 1 aliphatic carbocycles. The van der Waals surface area contributed by atoms with Gasteiger partial charge in [-0.05, 0) is 68.3 Å². The van der Waals surface area contributed by atoms with Gasteiger partial charge in [0.2, 0.25) is 0 Å². The lowest BCUT2D eigenvalue weighted by Crippen LogP contribution is -2.42. The normalized spacial score (nSPS) is 21.6. The van der Waals surface area contributed by atoms with Crippen molar-refractivity contribution >= 4 is 29.1 Å². The molecular weight excluding hydrogens is 511 g/mol. The molecule has 3 heterocycles. The van der Waals surface area contributed by atoms with Crippen LogP contribution in [-0.2, 0) is 10.2 Å². The molecule has 2 saturated heterocycles. The lowest BCUT2D eigenvalue weighted by atomic mass is 9.74. The number of halogens is 3. The average Bonchev–Trinajstić information content (AvgIpc) is 3.63. The summed E-state index contributed by atoms with van der Waals surface area (Å²) in [5, 5.41) is 3.14. The number of alkyl halides is 3. The molecule has 0 spiro atoms. The van der Waals surface area contributed by atoms with Crippen LogP contribution in [0.2, 0.25) is 0 Å². The zero-order valence-corrected chi connectivity index (χ0v) is 22.2. The summed E-state index contributed by atoms with van der Waals surface area (Å²) in [5.74, 6) is -2.10. The van der Waals surface area contributed by atoms with Crippen molar-refractivity contribution in [3.63, 3.8) is 0 Å².